The predicted octanol–water partition coefficient (Wildman–Crippen LogP) is 8.13. The average Bonchev–Trinajstić information content (AvgIpc) is 2.84. The topological polar surface area (TPSA) is 54.0 Å². The SMILES string of the molecule is CCCCCCCCCCCCCCCCCCOC(=O)c1cc(OC)c(OC)c(OC)c1. The molecule has 0 aliphatic heterocycles. The first-order valence-electron chi connectivity index (χ1n) is 13.1. The Morgan fingerprint density at radius 1 is 0.606 bits per heavy atom. The van der Waals surface area contributed by atoms with E-state index in [9.17, 15) is 4.79 Å². The molecule has 33 heavy (non-hydrogen) atoms. The van der Waals surface area contributed by atoms with Crippen LogP contribution in [0.15, 0.2) is 12.1 Å². The zero-order valence-electron chi connectivity index (χ0n) is 21.7. The first-order valence-corrected chi connectivity index (χ1v) is 13.1. The van der Waals surface area contributed by atoms with Crippen LogP contribution in [-0.2, 0) is 4.74 Å². The fraction of sp³-hybridized carbons (Fsp3) is 0.750. The molecule has 0 radical (unpaired) electrons. The molecule has 1 rings (SSSR count). The van der Waals surface area contributed by atoms with Gasteiger partial charge in [0.15, 0.2) is 11.5 Å². The van der Waals surface area contributed by atoms with Gasteiger partial charge < -0.3 is 18.9 Å². The van der Waals surface area contributed by atoms with E-state index in [2.05, 4.69) is 6.92 Å². The Labute approximate surface area is 202 Å². The van der Waals surface area contributed by atoms with Gasteiger partial charge in [0, 0.05) is 0 Å². The molecule has 0 spiro atoms. The van der Waals surface area contributed by atoms with Crippen LogP contribution in [0.5, 0.6) is 17.2 Å². The maximum Gasteiger partial charge on any atom is 0.338 e. The molecule has 0 saturated heterocycles. The van der Waals surface area contributed by atoms with Crippen LogP contribution in [-0.4, -0.2) is 33.9 Å². The quantitative estimate of drug-likeness (QED) is 0.136. The van der Waals surface area contributed by atoms with E-state index in [0.717, 1.165) is 12.8 Å². The monoisotopic (exact) mass is 464 g/mol. The maximum atomic E-state index is 12.4. The number of rotatable bonds is 21. The summed E-state index contributed by atoms with van der Waals surface area (Å²) in [6.45, 7) is 2.71. The van der Waals surface area contributed by atoms with Crippen LogP contribution >= 0.6 is 0 Å². The van der Waals surface area contributed by atoms with Gasteiger partial charge in [0.25, 0.3) is 0 Å². The number of unbranched alkanes of at least 4 members (excludes halogenated alkanes) is 15. The molecule has 0 heterocycles. The molecule has 5 nitrogen and oxygen atoms in total. The van der Waals surface area contributed by atoms with E-state index in [-0.39, 0.29) is 5.97 Å². The van der Waals surface area contributed by atoms with Crippen molar-refractivity contribution in [2.75, 3.05) is 27.9 Å². The number of ether oxygens (including phenoxy) is 4. The highest BCUT2D eigenvalue weighted by atomic mass is 16.5. The molecule has 0 saturated carbocycles. The van der Waals surface area contributed by atoms with Gasteiger partial charge in [-0.15, -0.1) is 0 Å². The number of hydrogen-bond acceptors (Lipinski definition) is 5. The van der Waals surface area contributed by atoms with Crippen molar-refractivity contribution in [2.45, 2.75) is 110 Å². The second kappa shape index (κ2) is 19.5. The van der Waals surface area contributed by atoms with Crippen molar-refractivity contribution in [2.24, 2.45) is 0 Å². The summed E-state index contributed by atoms with van der Waals surface area (Å²) in [5, 5.41) is 0. The van der Waals surface area contributed by atoms with E-state index in [1.165, 1.54) is 111 Å². The Morgan fingerprint density at radius 3 is 1.36 bits per heavy atom. The molecule has 0 aliphatic rings. The van der Waals surface area contributed by atoms with Crippen LogP contribution in [0, 0.1) is 0 Å². The smallest absolute Gasteiger partial charge is 0.338 e. The van der Waals surface area contributed by atoms with Crippen molar-refractivity contribution in [3.05, 3.63) is 17.7 Å². The van der Waals surface area contributed by atoms with E-state index >= 15 is 0 Å². The zero-order valence-corrected chi connectivity index (χ0v) is 21.7. The maximum absolute atomic E-state index is 12.4. The third-order valence-corrected chi connectivity index (χ3v) is 6.13. The van der Waals surface area contributed by atoms with Gasteiger partial charge in [-0.25, -0.2) is 4.79 Å². The minimum absolute atomic E-state index is 0.366. The average molecular weight is 465 g/mol. The third-order valence-electron chi connectivity index (χ3n) is 6.13. The number of carbonyl (C=O) groups is 1. The predicted molar refractivity (Wildman–Crippen MR) is 136 cm³/mol. The Bertz CT molecular complexity index is 604. The number of carbonyl (C=O) groups excluding carboxylic acids is 1. The molecule has 190 valence electrons. The third kappa shape index (κ3) is 12.8. The molecule has 0 aliphatic carbocycles. The van der Waals surface area contributed by atoms with Crippen molar-refractivity contribution in [3.8, 4) is 17.2 Å². The lowest BCUT2D eigenvalue weighted by molar-refractivity contribution is 0.0496. The number of hydrogen-bond donors (Lipinski definition) is 0. The van der Waals surface area contributed by atoms with Crippen molar-refractivity contribution in [1.82, 2.24) is 0 Å². The Kier molecular flexibility index (Phi) is 17.3. The lowest BCUT2D eigenvalue weighted by Crippen LogP contribution is -2.08. The molecule has 1 aromatic rings. The van der Waals surface area contributed by atoms with E-state index in [0.29, 0.717) is 29.4 Å². The van der Waals surface area contributed by atoms with Gasteiger partial charge in [-0.3, -0.25) is 0 Å². The first kappa shape index (κ1) is 29.1. The fourth-order valence-electron chi connectivity index (χ4n) is 4.10. The lowest BCUT2D eigenvalue weighted by Gasteiger charge is -2.13. The summed E-state index contributed by atoms with van der Waals surface area (Å²) in [7, 11) is 4.60. The summed E-state index contributed by atoms with van der Waals surface area (Å²) >= 11 is 0. The second-order valence-corrected chi connectivity index (χ2v) is 8.85. The van der Waals surface area contributed by atoms with Crippen LogP contribution < -0.4 is 14.2 Å². The van der Waals surface area contributed by atoms with Crippen LogP contribution in [0.4, 0.5) is 0 Å². The summed E-state index contributed by atoms with van der Waals surface area (Å²) in [4.78, 5) is 12.4. The number of esters is 1. The van der Waals surface area contributed by atoms with E-state index in [1.54, 1.807) is 12.1 Å². The molecule has 0 atom stereocenters. The highest BCUT2D eigenvalue weighted by Crippen LogP contribution is 2.38. The summed E-state index contributed by atoms with van der Waals surface area (Å²) in [5.74, 6) is 1.00. The largest absolute Gasteiger partial charge is 0.493 e. The Hall–Kier alpha value is -1.91. The van der Waals surface area contributed by atoms with Gasteiger partial charge in [-0.2, -0.15) is 0 Å². The van der Waals surface area contributed by atoms with Crippen molar-refractivity contribution in [3.63, 3.8) is 0 Å². The standard InChI is InChI=1S/C28H48O5/c1-5-6-7-8-9-10-11-12-13-14-15-16-17-18-19-20-21-33-28(29)24-22-25(30-2)27(32-4)26(23-24)31-3/h22-23H,5-21H2,1-4H3. The van der Waals surface area contributed by atoms with Gasteiger partial charge >= 0.3 is 5.97 Å². The molecule has 0 bridgehead atoms. The van der Waals surface area contributed by atoms with Crippen LogP contribution in [0.1, 0.15) is 120 Å². The summed E-state index contributed by atoms with van der Waals surface area (Å²) in [5.41, 5.74) is 0.404. The lowest BCUT2D eigenvalue weighted by atomic mass is 10.0. The molecule has 0 amide bonds. The minimum atomic E-state index is -0.366. The second-order valence-electron chi connectivity index (χ2n) is 8.85. The van der Waals surface area contributed by atoms with Crippen LogP contribution in [0.3, 0.4) is 0 Å². The normalized spacial score (nSPS) is 10.8. The van der Waals surface area contributed by atoms with Gasteiger partial charge in [0.05, 0.1) is 33.5 Å². The van der Waals surface area contributed by atoms with E-state index in [1.807, 2.05) is 0 Å². The molecular formula is C28H48O5. The van der Waals surface area contributed by atoms with Crippen molar-refractivity contribution in [1.29, 1.82) is 0 Å². The Balaban J connectivity index is 2.02. The van der Waals surface area contributed by atoms with Gasteiger partial charge in [-0.05, 0) is 18.6 Å². The highest BCUT2D eigenvalue weighted by molar-refractivity contribution is 5.91. The van der Waals surface area contributed by atoms with Gasteiger partial charge in [-0.1, -0.05) is 103 Å². The van der Waals surface area contributed by atoms with Crippen molar-refractivity contribution < 1.29 is 23.7 Å². The minimum Gasteiger partial charge on any atom is -0.493 e. The van der Waals surface area contributed by atoms with Gasteiger partial charge in [0.1, 0.15) is 0 Å². The highest BCUT2D eigenvalue weighted by Gasteiger charge is 2.17. The molecule has 0 N–H and O–H groups in total. The van der Waals surface area contributed by atoms with Crippen LogP contribution in [0.25, 0.3) is 0 Å². The molecule has 0 fully saturated rings. The molecule has 0 unspecified atom stereocenters. The summed E-state index contributed by atoms with van der Waals surface area (Å²) in [6, 6.07) is 3.24. The first-order chi connectivity index (χ1) is 16.2. The van der Waals surface area contributed by atoms with Crippen molar-refractivity contribution >= 4 is 5.97 Å². The Morgan fingerprint density at radius 2 is 1.00 bits per heavy atom. The molecule has 1 aromatic carbocycles. The van der Waals surface area contributed by atoms with E-state index < -0.39 is 0 Å². The molecule has 5 heteroatoms. The van der Waals surface area contributed by atoms with Gasteiger partial charge in [0.2, 0.25) is 5.75 Å². The fourth-order valence-corrected chi connectivity index (χ4v) is 4.10. The molecular weight excluding hydrogens is 416 g/mol. The van der Waals surface area contributed by atoms with Crippen LogP contribution in [0.2, 0.25) is 0 Å². The number of benzene rings is 1. The van der Waals surface area contributed by atoms with E-state index in [4.69, 9.17) is 18.9 Å². The number of methoxy groups -OCH3 is 3. The summed E-state index contributed by atoms with van der Waals surface area (Å²) < 4.78 is 21.3. The summed E-state index contributed by atoms with van der Waals surface area (Å²) in [6.07, 6.45) is 21.2. The molecule has 0 aromatic heterocycles. The zero-order chi connectivity index (χ0) is 24.2.